The molecular formula is C19H29IN6. The summed E-state index contributed by atoms with van der Waals surface area (Å²) in [5, 5.41) is 7.07. The number of nitrogens with zero attached hydrogens (tertiary/aromatic N) is 4. The van der Waals surface area contributed by atoms with Crippen molar-refractivity contribution >= 4 is 41.0 Å². The molecule has 1 aliphatic heterocycles. The third-order valence-corrected chi connectivity index (χ3v) is 5.42. The Labute approximate surface area is 172 Å². The monoisotopic (exact) mass is 468 g/mol. The summed E-state index contributed by atoms with van der Waals surface area (Å²) in [5.41, 5.74) is 2.22. The molecule has 2 N–H and O–H groups in total. The van der Waals surface area contributed by atoms with E-state index in [2.05, 4.69) is 49.1 Å². The smallest absolute Gasteiger partial charge is 0.191 e. The zero-order valence-electron chi connectivity index (χ0n) is 15.6. The molecule has 2 atom stereocenters. The topological polar surface area (TPSA) is 57.5 Å². The van der Waals surface area contributed by atoms with Crippen molar-refractivity contribution in [3.63, 3.8) is 0 Å². The van der Waals surface area contributed by atoms with Gasteiger partial charge in [0.2, 0.25) is 0 Å². The summed E-state index contributed by atoms with van der Waals surface area (Å²) in [6.07, 6.45) is 4.67. The highest BCUT2D eigenvalue weighted by atomic mass is 127. The molecule has 1 saturated heterocycles. The van der Waals surface area contributed by atoms with E-state index in [9.17, 15) is 0 Å². The molecule has 26 heavy (non-hydrogen) atoms. The van der Waals surface area contributed by atoms with Crippen molar-refractivity contribution in [2.75, 3.05) is 26.7 Å². The third kappa shape index (κ3) is 4.31. The van der Waals surface area contributed by atoms with Crippen LogP contribution in [0.4, 0.5) is 0 Å². The molecule has 4 rings (SSSR count). The maximum atomic E-state index is 4.44. The highest BCUT2D eigenvalue weighted by Gasteiger charge is 2.38. The average Bonchev–Trinajstić information content (AvgIpc) is 3.31. The van der Waals surface area contributed by atoms with Gasteiger partial charge in [0.25, 0.3) is 0 Å². The van der Waals surface area contributed by atoms with Gasteiger partial charge in [-0.2, -0.15) is 0 Å². The first-order chi connectivity index (χ1) is 12.2. The highest BCUT2D eigenvalue weighted by molar-refractivity contribution is 14.0. The lowest BCUT2D eigenvalue weighted by molar-refractivity contribution is 0.315. The fourth-order valence-electron chi connectivity index (χ4n) is 3.78. The molecule has 0 bridgehead atoms. The minimum atomic E-state index is 0. The van der Waals surface area contributed by atoms with Crippen LogP contribution < -0.4 is 10.6 Å². The molecule has 1 aromatic heterocycles. The van der Waals surface area contributed by atoms with Gasteiger partial charge >= 0.3 is 0 Å². The van der Waals surface area contributed by atoms with Crippen LogP contribution in [0.2, 0.25) is 0 Å². The van der Waals surface area contributed by atoms with Crippen LogP contribution in [0, 0.1) is 5.92 Å². The van der Waals surface area contributed by atoms with Crippen LogP contribution >= 0.6 is 24.0 Å². The Kier molecular flexibility index (Phi) is 6.39. The van der Waals surface area contributed by atoms with Crippen molar-refractivity contribution in [2.24, 2.45) is 10.9 Å². The number of guanidine groups is 1. The zero-order chi connectivity index (χ0) is 17.2. The molecular weight excluding hydrogens is 439 g/mol. The Morgan fingerprint density at radius 2 is 2.08 bits per heavy atom. The number of aliphatic imine (C=N–C) groups is 1. The van der Waals surface area contributed by atoms with Crippen LogP contribution in [0.25, 0.3) is 11.0 Å². The molecule has 1 aliphatic carbocycles. The minimum Gasteiger partial charge on any atom is -0.355 e. The predicted octanol–water partition coefficient (Wildman–Crippen LogP) is 2.30. The number of rotatable bonds is 5. The van der Waals surface area contributed by atoms with Gasteiger partial charge in [-0.15, -0.1) is 24.0 Å². The molecule has 1 aromatic carbocycles. The minimum absolute atomic E-state index is 0. The number of hydrogen-bond donors (Lipinski definition) is 2. The SMILES string of the molecule is CN=C(NCCn1cnc2ccccc21)NC1CN(C2CC2)CC1C.I. The zero-order valence-corrected chi connectivity index (χ0v) is 17.9. The summed E-state index contributed by atoms with van der Waals surface area (Å²) in [6, 6.07) is 9.58. The number of aromatic nitrogens is 2. The van der Waals surface area contributed by atoms with Gasteiger partial charge in [0.05, 0.1) is 17.4 Å². The van der Waals surface area contributed by atoms with E-state index in [1.54, 1.807) is 0 Å². The third-order valence-electron chi connectivity index (χ3n) is 5.42. The number of hydrogen-bond acceptors (Lipinski definition) is 3. The number of likely N-dealkylation sites (tertiary alicyclic amines) is 1. The van der Waals surface area contributed by atoms with E-state index in [4.69, 9.17) is 0 Å². The van der Waals surface area contributed by atoms with Gasteiger partial charge in [0, 0.05) is 45.3 Å². The first-order valence-electron chi connectivity index (χ1n) is 9.35. The number of nitrogens with one attached hydrogen (secondary N) is 2. The standard InChI is InChI=1S/C19H28N6.HI/c1-14-11-25(15-7-8-15)12-17(14)23-19(20-2)21-9-10-24-13-22-16-5-3-4-6-18(16)24;/h3-6,13-15,17H,7-12H2,1-2H3,(H2,20,21,23);1H. The lowest BCUT2D eigenvalue weighted by atomic mass is 10.1. The molecule has 2 unspecified atom stereocenters. The fourth-order valence-corrected chi connectivity index (χ4v) is 3.78. The Morgan fingerprint density at radius 3 is 2.85 bits per heavy atom. The van der Waals surface area contributed by atoms with Crippen molar-refractivity contribution in [3.05, 3.63) is 30.6 Å². The molecule has 1 saturated carbocycles. The molecule has 2 aliphatic rings. The second-order valence-corrected chi connectivity index (χ2v) is 7.34. The maximum Gasteiger partial charge on any atom is 0.191 e. The Morgan fingerprint density at radius 1 is 1.27 bits per heavy atom. The van der Waals surface area contributed by atoms with Crippen molar-refractivity contribution in [3.8, 4) is 0 Å². The number of imidazole rings is 1. The Bertz CT molecular complexity index is 753. The molecule has 6 nitrogen and oxygen atoms in total. The summed E-state index contributed by atoms with van der Waals surface area (Å²) in [5.74, 6) is 1.57. The van der Waals surface area contributed by atoms with Crippen molar-refractivity contribution < 1.29 is 0 Å². The summed E-state index contributed by atoms with van der Waals surface area (Å²) in [7, 11) is 1.85. The van der Waals surface area contributed by atoms with Crippen LogP contribution in [0.15, 0.2) is 35.6 Å². The van der Waals surface area contributed by atoms with Crippen LogP contribution in [0.3, 0.4) is 0 Å². The first-order valence-corrected chi connectivity index (χ1v) is 9.35. The molecule has 0 radical (unpaired) electrons. The summed E-state index contributed by atoms with van der Waals surface area (Å²) >= 11 is 0. The van der Waals surface area contributed by atoms with Crippen LogP contribution in [0.5, 0.6) is 0 Å². The second-order valence-electron chi connectivity index (χ2n) is 7.34. The fraction of sp³-hybridized carbons (Fsp3) is 0.579. The predicted molar refractivity (Wildman–Crippen MR) is 117 cm³/mol. The van der Waals surface area contributed by atoms with E-state index in [1.165, 1.54) is 24.9 Å². The molecule has 2 fully saturated rings. The van der Waals surface area contributed by atoms with Crippen molar-refractivity contribution in [1.29, 1.82) is 0 Å². The quantitative estimate of drug-likeness (QED) is 0.402. The van der Waals surface area contributed by atoms with Gasteiger partial charge in [0.1, 0.15) is 0 Å². The maximum absolute atomic E-state index is 4.44. The first kappa shape index (κ1) is 19.4. The Balaban J connectivity index is 0.00000196. The van der Waals surface area contributed by atoms with E-state index in [0.29, 0.717) is 12.0 Å². The average molecular weight is 468 g/mol. The Hall–Kier alpha value is -1.35. The lowest BCUT2D eigenvalue weighted by Gasteiger charge is -2.20. The molecule has 7 heteroatoms. The lowest BCUT2D eigenvalue weighted by Crippen LogP contribution is -2.47. The number of halogens is 1. The van der Waals surface area contributed by atoms with Gasteiger partial charge < -0.3 is 15.2 Å². The normalized spacial score (nSPS) is 23.8. The van der Waals surface area contributed by atoms with Crippen LogP contribution in [-0.4, -0.2) is 59.2 Å². The van der Waals surface area contributed by atoms with Crippen molar-refractivity contribution in [2.45, 2.75) is 38.4 Å². The van der Waals surface area contributed by atoms with Crippen molar-refractivity contribution in [1.82, 2.24) is 25.1 Å². The summed E-state index contributed by atoms with van der Waals surface area (Å²) in [6.45, 7) is 6.38. The van der Waals surface area contributed by atoms with E-state index in [1.807, 2.05) is 25.5 Å². The number of fused-ring (bicyclic) bond motifs is 1. The van der Waals surface area contributed by atoms with Crippen LogP contribution in [0.1, 0.15) is 19.8 Å². The largest absolute Gasteiger partial charge is 0.355 e. The number of para-hydroxylation sites is 2. The summed E-state index contributed by atoms with van der Waals surface area (Å²) < 4.78 is 2.18. The van der Waals surface area contributed by atoms with Gasteiger partial charge in [-0.1, -0.05) is 19.1 Å². The van der Waals surface area contributed by atoms with E-state index in [-0.39, 0.29) is 24.0 Å². The van der Waals surface area contributed by atoms with Gasteiger partial charge in [-0.3, -0.25) is 9.89 Å². The van der Waals surface area contributed by atoms with Gasteiger partial charge in [0.15, 0.2) is 5.96 Å². The van der Waals surface area contributed by atoms with E-state index >= 15 is 0 Å². The molecule has 2 aromatic rings. The van der Waals surface area contributed by atoms with Crippen LogP contribution in [-0.2, 0) is 6.54 Å². The summed E-state index contributed by atoms with van der Waals surface area (Å²) in [4.78, 5) is 11.5. The van der Waals surface area contributed by atoms with E-state index in [0.717, 1.165) is 37.2 Å². The van der Waals surface area contributed by atoms with E-state index < -0.39 is 0 Å². The second kappa shape index (κ2) is 8.56. The molecule has 142 valence electrons. The molecule has 2 heterocycles. The molecule has 0 spiro atoms. The van der Waals surface area contributed by atoms with Gasteiger partial charge in [-0.05, 0) is 30.9 Å². The molecule has 0 amide bonds. The highest BCUT2D eigenvalue weighted by Crippen LogP contribution is 2.31. The number of benzene rings is 1. The van der Waals surface area contributed by atoms with Gasteiger partial charge in [-0.25, -0.2) is 4.98 Å².